The summed E-state index contributed by atoms with van der Waals surface area (Å²) in [5.41, 5.74) is 3.18. The quantitative estimate of drug-likeness (QED) is 0.295. The average Bonchev–Trinajstić information content (AvgIpc) is 3.14. The summed E-state index contributed by atoms with van der Waals surface area (Å²) in [5.74, 6) is 0.474. The molecule has 4 rings (SSSR count). The minimum atomic E-state index is -4.37. The Kier molecular flexibility index (Phi) is 6.04. The van der Waals surface area contributed by atoms with Crippen molar-refractivity contribution in [1.29, 1.82) is 0 Å². The summed E-state index contributed by atoms with van der Waals surface area (Å²) in [4.78, 5) is 0. The molecule has 32 heavy (non-hydrogen) atoms. The second-order valence-electron chi connectivity index (χ2n) is 8.58. The molecule has 0 spiro atoms. The number of aryl methyl sites for hydroxylation is 1. The Hall–Kier alpha value is -2.79. The lowest BCUT2D eigenvalue weighted by Crippen LogP contribution is -2.13. The van der Waals surface area contributed by atoms with Crippen LogP contribution in [0.3, 0.4) is 0 Å². The van der Waals surface area contributed by atoms with Crippen LogP contribution in [-0.2, 0) is 6.18 Å². The Morgan fingerprint density at radius 3 is 2.31 bits per heavy atom. The average molecular weight is 457 g/mol. The van der Waals surface area contributed by atoms with Crippen molar-refractivity contribution in [1.82, 2.24) is 9.78 Å². The lowest BCUT2D eigenvalue weighted by atomic mass is 9.97. The zero-order chi connectivity index (χ0) is 23.0. The van der Waals surface area contributed by atoms with Crippen molar-refractivity contribution in [2.75, 3.05) is 0 Å². The van der Waals surface area contributed by atoms with Crippen LogP contribution in [0, 0.1) is 12.8 Å². The van der Waals surface area contributed by atoms with Gasteiger partial charge < -0.3 is 0 Å². The molecule has 0 aliphatic rings. The minimum absolute atomic E-state index is 0.0821. The molecule has 0 bridgehead atoms. The molecule has 0 aliphatic carbocycles. The lowest BCUT2D eigenvalue weighted by molar-refractivity contribution is -0.137. The topological polar surface area (TPSA) is 17.8 Å². The van der Waals surface area contributed by atoms with Gasteiger partial charge in [0.1, 0.15) is 0 Å². The predicted octanol–water partition coefficient (Wildman–Crippen LogP) is 8.32. The van der Waals surface area contributed by atoms with Crippen LogP contribution >= 0.6 is 11.6 Å². The van der Waals surface area contributed by atoms with Crippen molar-refractivity contribution in [2.45, 2.75) is 39.4 Å². The summed E-state index contributed by atoms with van der Waals surface area (Å²) in [6.07, 6.45) is -1.45. The standard InChI is InChI=1S/C26H24ClF3N2/c1-16(2)11-25(18-7-5-4-6-8-18)32-15-19-13-22(23(27)14-24(19)31-32)21-10-9-20(12-17(21)3)26(28,29)30/h4-10,12-16,25H,11H2,1-3H3. The van der Waals surface area contributed by atoms with E-state index in [9.17, 15) is 13.2 Å². The third-order valence-electron chi connectivity index (χ3n) is 5.65. The summed E-state index contributed by atoms with van der Waals surface area (Å²) in [5, 5.41) is 6.15. The van der Waals surface area contributed by atoms with Crippen molar-refractivity contribution in [3.8, 4) is 11.1 Å². The van der Waals surface area contributed by atoms with Crippen LogP contribution in [0.15, 0.2) is 66.9 Å². The number of alkyl halides is 3. The van der Waals surface area contributed by atoms with Crippen LogP contribution in [0.2, 0.25) is 5.02 Å². The second kappa shape index (κ2) is 8.62. The molecule has 0 amide bonds. The first-order chi connectivity index (χ1) is 15.1. The highest BCUT2D eigenvalue weighted by Gasteiger charge is 2.30. The largest absolute Gasteiger partial charge is 0.416 e. The van der Waals surface area contributed by atoms with Crippen LogP contribution in [0.5, 0.6) is 0 Å². The number of nitrogens with zero attached hydrogens (tertiary/aromatic N) is 2. The van der Waals surface area contributed by atoms with Crippen molar-refractivity contribution in [3.05, 3.63) is 88.6 Å². The number of halogens is 4. The monoisotopic (exact) mass is 456 g/mol. The van der Waals surface area contributed by atoms with E-state index >= 15 is 0 Å². The van der Waals surface area contributed by atoms with Gasteiger partial charge in [0, 0.05) is 17.1 Å². The Morgan fingerprint density at radius 1 is 0.969 bits per heavy atom. The molecule has 1 unspecified atom stereocenters. The Balaban J connectivity index is 1.78. The van der Waals surface area contributed by atoms with E-state index < -0.39 is 11.7 Å². The number of rotatable bonds is 5. The minimum Gasteiger partial charge on any atom is -0.264 e. The maximum absolute atomic E-state index is 13.1. The number of hydrogen-bond donors (Lipinski definition) is 0. The van der Waals surface area contributed by atoms with Gasteiger partial charge in [0.2, 0.25) is 0 Å². The van der Waals surface area contributed by atoms with Gasteiger partial charge in [-0.1, -0.05) is 61.8 Å². The van der Waals surface area contributed by atoms with Crippen LogP contribution in [0.4, 0.5) is 13.2 Å². The molecular formula is C26H24ClF3N2. The van der Waals surface area contributed by atoms with Gasteiger partial charge in [0.05, 0.1) is 22.1 Å². The molecule has 1 heterocycles. The van der Waals surface area contributed by atoms with Gasteiger partial charge in [0.25, 0.3) is 0 Å². The molecule has 166 valence electrons. The molecule has 6 heteroatoms. The zero-order valence-electron chi connectivity index (χ0n) is 18.1. The highest BCUT2D eigenvalue weighted by molar-refractivity contribution is 6.34. The highest BCUT2D eigenvalue weighted by atomic mass is 35.5. The highest BCUT2D eigenvalue weighted by Crippen LogP contribution is 2.37. The number of benzene rings is 3. The van der Waals surface area contributed by atoms with Crippen LogP contribution in [0.25, 0.3) is 22.0 Å². The van der Waals surface area contributed by atoms with Crippen molar-refractivity contribution < 1.29 is 13.2 Å². The van der Waals surface area contributed by atoms with Gasteiger partial charge in [-0.3, -0.25) is 4.68 Å². The molecular weight excluding hydrogens is 433 g/mol. The first-order valence-electron chi connectivity index (χ1n) is 10.5. The molecule has 0 aliphatic heterocycles. The molecule has 2 nitrogen and oxygen atoms in total. The van der Waals surface area contributed by atoms with Crippen LogP contribution < -0.4 is 0 Å². The van der Waals surface area contributed by atoms with E-state index in [1.54, 1.807) is 13.0 Å². The Bertz CT molecular complexity index is 1240. The van der Waals surface area contributed by atoms with Gasteiger partial charge in [-0.25, -0.2) is 0 Å². The molecule has 3 aromatic carbocycles. The van der Waals surface area contributed by atoms with Gasteiger partial charge in [0.15, 0.2) is 0 Å². The second-order valence-corrected chi connectivity index (χ2v) is 8.99. The van der Waals surface area contributed by atoms with Crippen LogP contribution in [0.1, 0.15) is 43.0 Å². The molecule has 0 saturated carbocycles. The Morgan fingerprint density at radius 2 is 1.69 bits per heavy atom. The number of aromatic nitrogens is 2. The first-order valence-corrected chi connectivity index (χ1v) is 10.9. The van der Waals surface area contributed by atoms with Crippen molar-refractivity contribution in [3.63, 3.8) is 0 Å². The molecule has 1 atom stereocenters. The summed E-state index contributed by atoms with van der Waals surface area (Å²) in [7, 11) is 0. The van der Waals surface area contributed by atoms with Gasteiger partial charge in [-0.2, -0.15) is 18.3 Å². The third kappa shape index (κ3) is 4.53. The van der Waals surface area contributed by atoms with E-state index in [-0.39, 0.29) is 6.04 Å². The normalized spacial score (nSPS) is 13.1. The van der Waals surface area contributed by atoms with Gasteiger partial charge >= 0.3 is 6.18 Å². The van der Waals surface area contributed by atoms with E-state index in [1.165, 1.54) is 11.6 Å². The predicted molar refractivity (Wildman–Crippen MR) is 124 cm³/mol. The van der Waals surface area contributed by atoms with Crippen molar-refractivity contribution >= 4 is 22.5 Å². The molecule has 0 saturated heterocycles. The van der Waals surface area contributed by atoms with Crippen LogP contribution in [-0.4, -0.2) is 9.78 Å². The molecule has 0 fully saturated rings. The van der Waals surface area contributed by atoms with Gasteiger partial charge in [-0.15, -0.1) is 0 Å². The summed E-state index contributed by atoms with van der Waals surface area (Å²) < 4.78 is 41.2. The SMILES string of the molecule is Cc1cc(C(F)(F)F)ccc1-c1cc2cn(C(CC(C)C)c3ccccc3)nc2cc1Cl. The van der Waals surface area contributed by atoms with E-state index in [4.69, 9.17) is 16.7 Å². The number of fused-ring (bicyclic) bond motifs is 1. The summed E-state index contributed by atoms with van der Waals surface area (Å²) >= 11 is 6.56. The van der Waals surface area contributed by atoms with E-state index in [0.29, 0.717) is 27.6 Å². The fraction of sp³-hybridized carbons (Fsp3) is 0.269. The first kappa shape index (κ1) is 22.4. The van der Waals surface area contributed by atoms with Gasteiger partial charge in [-0.05, 0) is 60.2 Å². The molecule has 0 radical (unpaired) electrons. The third-order valence-corrected chi connectivity index (χ3v) is 5.97. The molecule has 1 aromatic heterocycles. The maximum atomic E-state index is 13.1. The fourth-order valence-corrected chi connectivity index (χ4v) is 4.35. The van der Waals surface area contributed by atoms with E-state index in [0.717, 1.165) is 29.5 Å². The van der Waals surface area contributed by atoms with E-state index in [1.807, 2.05) is 35.1 Å². The number of hydrogen-bond acceptors (Lipinski definition) is 1. The Labute approximate surface area is 190 Å². The van der Waals surface area contributed by atoms with Crippen molar-refractivity contribution in [2.24, 2.45) is 5.92 Å². The zero-order valence-corrected chi connectivity index (χ0v) is 18.9. The summed E-state index contributed by atoms with van der Waals surface area (Å²) in [6.45, 7) is 6.03. The smallest absolute Gasteiger partial charge is 0.264 e. The fourth-order valence-electron chi connectivity index (χ4n) is 4.09. The lowest BCUT2D eigenvalue weighted by Gasteiger charge is -2.20. The van der Waals surface area contributed by atoms with E-state index in [2.05, 4.69) is 26.0 Å². The summed E-state index contributed by atoms with van der Waals surface area (Å²) in [6, 6.07) is 17.8. The maximum Gasteiger partial charge on any atom is 0.416 e. The molecule has 4 aromatic rings. The molecule has 0 N–H and O–H groups in total.